The Morgan fingerprint density at radius 3 is 2.81 bits per heavy atom. The molecule has 0 aliphatic rings. The van der Waals surface area contributed by atoms with Gasteiger partial charge in [-0.15, -0.1) is 11.3 Å². The molecule has 1 aromatic heterocycles. The highest BCUT2D eigenvalue weighted by molar-refractivity contribution is 7.99. The molecule has 0 unspecified atom stereocenters. The van der Waals surface area contributed by atoms with E-state index in [4.69, 9.17) is 4.74 Å². The SMILES string of the molecule is COCCCSCC(=O)c1cc(C)sc1C. The molecule has 16 heavy (non-hydrogen) atoms. The number of carbonyl (C=O) groups is 1. The van der Waals surface area contributed by atoms with E-state index >= 15 is 0 Å². The summed E-state index contributed by atoms with van der Waals surface area (Å²) in [7, 11) is 1.70. The number of carbonyl (C=O) groups excluding carboxylic acids is 1. The fraction of sp³-hybridized carbons (Fsp3) is 0.583. The maximum Gasteiger partial charge on any atom is 0.173 e. The average Bonchev–Trinajstić information content (AvgIpc) is 2.57. The predicted molar refractivity (Wildman–Crippen MR) is 71.9 cm³/mol. The molecule has 0 fully saturated rings. The van der Waals surface area contributed by atoms with Crippen LogP contribution in [-0.2, 0) is 4.74 Å². The van der Waals surface area contributed by atoms with Crippen molar-refractivity contribution >= 4 is 28.9 Å². The number of rotatable bonds is 7. The standard InChI is InChI=1S/C12H18O2S2/c1-9-7-11(10(2)16-9)12(13)8-15-6-4-5-14-3/h7H,4-6,8H2,1-3H3. The highest BCUT2D eigenvalue weighted by atomic mass is 32.2. The first-order valence-electron chi connectivity index (χ1n) is 5.32. The van der Waals surface area contributed by atoms with E-state index in [-0.39, 0.29) is 5.78 Å². The summed E-state index contributed by atoms with van der Waals surface area (Å²) in [6.07, 6.45) is 1.01. The van der Waals surface area contributed by atoms with Gasteiger partial charge in [-0.3, -0.25) is 4.79 Å². The smallest absolute Gasteiger partial charge is 0.173 e. The Morgan fingerprint density at radius 1 is 1.50 bits per heavy atom. The van der Waals surface area contributed by atoms with Crippen LogP contribution >= 0.6 is 23.1 Å². The second kappa shape index (κ2) is 7.09. The van der Waals surface area contributed by atoms with E-state index in [2.05, 4.69) is 0 Å². The van der Waals surface area contributed by atoms with Crippen LogP contribution < -0.4 is 0 Å². The van der Waals surface area contributed by atoms with Crippen LogP contribution in [0.25, 0.3) is 0 Å². The van der Waals surface area contributed by atoms with Crippen molar-refractivity contribution in [3.8, 4) is 0 Å². The topological polar surface area (TPSA) is 26.3 Å². The van der Waals surface area contributed by atoms with Crippen molar-refractivity contribution in [3.63, 3.8) is 0 Å². The number of thioether (sulfide) groups is 1. The Labute approximate surface area is 105 Å². The van der Waals surface area contributed by atoms with Crippen LogP contribution in [0.2, 0.25) is 0 Å². The minimum absolute atomic E-state index is 0.254. The van der Waals surface area contributed by atoms with Crippen molar-refractivity contribution < 1.29 is 9.53 Å². The number of thiophene rings is 1. The van der Waals surface area contributed by atoms with E-state index in [0.717, 1.165) is 29.2 Å². The molecule has 0 N–H and O–H groups in total. The average molecular weight is 258 g/mol. The van der Waals surface area contributed by atoms with Gasteiger partial charge in [-0.05, 0) is 32.1 Å². The molecule has 0 aliphatic carbocycles. The van der Waals surface area contributed by atoms with Crippen LogP contribution in [0.3, 0.4) is 0 Å². The van der Waals surface area contributed by atoms with Crippen molar-refractivity contribution in [2.75, 3.05) is 25.2 Å². The van der Waals surface area contributed by atoms with Gasteiger partial charge in [0.25, 0.3) is 0 Å². The monoisotopic (exact) mass is 258 g/mol. The number of hydrogen-bond donors (Lipinski definition) is 0. The second-order valence-corrected chi connectivity index (χ2v) is 6.21. The molecule has 0 amide bonds. The van der Waals surface area contributed by atoms with Crippen LogP contribution in [0.4, 0.5) is 0 Å². The summed E-state index contributed by atoms with van der Waals surface area (Å²) in [5.41, 5.74) is 0.904. The fourth-order valence-electron chi connectivity index (χ4n) is 1.46. The predicted octanol–water partition coefficient (Wildman–Crippen LogP) is 3.32. The molecule has 0 radical (unpaired) electrons. The van der Waals surface area contributed by atoms with E-state index < -0.39 is 0 Å². The van der Waals surface area contributed by atoms with Gasteiger partial charge in [0, 0.05) is 29.0 Å². The van der Waals surface area contributed by atoms with Gasteiger partial charge >= 0.3 is 0 Å². The Kier molecular flexibility index (Phi) is 6.09. The second-order valence-electron chi connectivity index (χ2n) is 3.65. The first kappa shape index (κ1) is 13.7. The summed E-state index contributed by atoms with van der Waals surface area (Å²) < 4.78 is 4.96. The normalized spacial score (nSPS) is 10.7. The molecule has 1 aromatic rings. The molecule has 1 rings (SSSR count). The maximum atomic E-state index is 11.9. The summed E-state index contributed by atoms with van der Waals surface area (Å²) in [6.45, 7) is 4.83. The lowest BCUT2D eigenvalue weighted by Crippen LogP contribution is -2.03. The summed E-state index contributed by atoms with van der Waals surface area (Å²) >= 11 is 3.38. The molecule has 2 nitrogen and oxygen atoms in total. The van der Waals surface area contributed by atoms with E-state index in [9.17, 15) is 4.79 Å². The van der Waals surface area contributed by atoms with E-state index in [0.29, 0.717) is 5.75 Å². The first-order valence-corrected chi connectivity index (χ1v) is 7.29. The van der Waals surface area contributed by atoms with Gasteiger partial charge in [0.1, 0.15) is 0 Å². The van der Waals surface area contributed by atoms with Gasteiger partial charge in [0.05, 0.1) is 5.75 Å². The molecule has 0 bridgehead atoms. The Morgan fingerprint density at radius 2 is 2.25 bits per heavy atom. The zero-order chi connectivity index (χ0) is 12.0. The Bertz CT molecular complexity index is 345. The number of methoxy groups -OCH3 is 1. The lowest BCUT2D eigenvalue weighted by molar-refractivity contribution is 0.102. The van der Waals surface area contributed by atoms with Crippen molar-refractivity contribution in [1.29, 1.82) is 0 Å². The minimum atomic E-state index is 0.254. The van der Waals surface area contributed by atoms with E-state index in [1.54, 1.807) is 30.2 Å². The molecular weight excluding hydrogens is 240 g/mol. The third-order valence-electron chi connectivity index (χ3n) is 2.21. The third kappa shape index (κ3) is 4.28. The van der Waals surface area contributed by atoms with Crippen molar-refractivity contribution in [1.82, 2.24) is 0 Å². The number of aryl methyl sites for hydroxylation is 2. The first-order chi connectivity index (χ1) is 7.65. The number of Topliss-reactive ketones (excluding diaryl/α,β-unsaturated/α-hetero) is 1. The zero-order valence-corrected chi connectivity index (χ0v) is 11.7. The van der Waals surface area contributed by atoms with Crippen LogP contribution in [0, 0.1) is 13.8 Å². The van der Waals surface area contributed by atoms with Gasteiger partial charge < -0.3 is 4.74 Å². The largest absolute Gasteiger partial charge is 0.385 e. The summed E-state index contributed by atoms with van der Waals surface area (Å²) in [5, 5.41) is 0. The van der Waals surface area contributed by atoms with Crippen LogP contribution in [0.1, 0.15) is 26.5 Å². The van der Waals surface area contributed by atoms with Crippen LogP contribution in [0.5, 0.6) is 0 Å². The summed E-state index contributed by atoms with van der Waals surface area (Å²) in [4.78, 5) is 14.2. The molecule has 0 spiro atoms. The number of ketones is 1. The fourth-order valence-corrected chi connectivity index (χ4v) is 3.21. The van der Waals surface area contributed by atoms with E-state index in [1.165, 1.54) is 4.88 Å². The maximum absolute atomic E-state index is 11.9. The molecule has 1 heterocycles. The minimum Gasteiger partial charge on any atom is -0.385 e. The number of hydrogen-bond acceptors (Lipinski definition) is 4. The Balaban J connectivity index is 2.33. The summed E-state index contributed by atoms with van der Waals surface area (Å²) in [5.74, 6) is 1.83. The van der Waals surface area contributed by atoms with Crippen molar-refractivity contribution in [2.45, 2.75) is 20.3 Å². The van der Waals surface area contributed by atoms with Gasteiger partial charge in [0.15, 0.2) is 5.78 Å². The van der Waals surface area contributed by atoms with Gasteiger partial charge in [-0.25, -0.2) is 0 Å². The van der Waals surface area contributed by atoms with Crippen LogP contribution in [-0.4, -0.2) is 31.0 Å². The Hall–Kier alpha value is -0.320. The van der Waals surface area contributed by atoms with E-state index in [1.807, 2.05) is 19.9 Å². The molecule has 0 aliphatic heterocycles. The third-order valence-corrected chi connectivity index (χ3v) is 4.22. The zero-order valence-electron chi connectivity index (χ0n) is 10.0. The lowest BCUT2D eigenvalue weighted by atomic mass is 10.2. The lowest BCUT2D eigenvalue weighted by Gasteiger charge is -2.00. The molecule has 0 aromatic carbocycles. The summed E-state index contributed by atoms with van der Waals surface area (Å²) in [6, 6.07) is 2.00. The van der Waals surface area contributed by atoms with Gasteiger partial charge in [-0.1, -0.05) is 0 Å². The quantitative estimate of drug-likeness (QED) is 0.554. The van der Waals surface area contributed by atoms with Crippen molar-refractivity contribution in [2.24, 2.45) is 0 Å². The number of ether oxygens (including phenoxy) is 1. The molecule has 4 heteroatoms. The van der Waals surface area contributed by atoms with Gasteiger partial charge in [-0.2, -0.15) is 11.8 Å². The molecule has 90 valence electrons. The highest BCUT2D eigenvalue weighted by Crippen LogP contribution is 2.22. The molecule has 0 atom stereocenters. The van der Waals surface area contributed by atoms with Crippen LogP contribution in [0.15, 0.2) is 6.07 Å². The highest BCUT2D eigenvalue weighted by Gasteiger charge is 2.11. The molecular formula is C12H18O2S2. The van der Waals surface area contributed by atoms with Gasteiger partial charge in [0.2, 0.25) is 0 Å². The molecule has 0 saturated carbocycles. The molecule has 0 saturated heterocycles. The van der Waals surface area contributed by atoms with Crippen molar-refractivity contribution in [3.05, 3.63) is 21.4 Å².